The highest BCUT2D eigenvalue weighted by molar-refractivity contribution is 6.17. The van der Waals surface area contributed by atoms with Gasteiger partial charge in [-0.05, 0) is 28.8 Å². The van der Waals surface area contributed by atoms with Gasteiger partial charge in [0.2, 0.25) is 5.89 Å². The minimum absolute atomic E-state index is 0. The van der Waals surface area contributed by atoms with Gasteiger partial charge in [-0.2, -0.15) is 0 Å². The summed E-state index contributed by atoms with van der Waals surface area (Å²) in [6, 6.07) is 36.7. The van der Waals surface area contributed by atoms with Crippen LogP contribution in [-0.4, -0.2) is 4.98 Å². The predicted molar refractivity (Wildman–Crippen MR) is 135 cm³/mol. The predicted octanol–water partition coefficient (Wildman–Crippen LogP) is 8.72. The van der Waals surface area contributed by atoms with Crippen LogP contribution in [0.15, 0.2) is 114 Å². The second-order valence-corrected chi connectivity index (χ2v) is 7.58. The van der Waals surface area contributed by atoms with Crippen LogP contribution in [0.3, 0.4) is 0 Å². The molecular weight excluding hydrogens is 414 g/mol. The summed E-state index contributed by atoms with van der Waals surface area (Å²) in [5.41, 5.74) is 7.06. The van der Waals surface area contributed by atoms with Gasteiger partial charge < -0.3 is 4.42 Å². The Balaban J connectivity index is 0.00000245. The van der Waals surface area contributed by atoms with E-state index in [1.807, 2.05) is 72.8 Å². The van der Waals surface area contributed by atoms with Crippen molar-refractivity contribution in [2.45, 2.75) is 13.3 Å². The molecule has 158 valence electrons. The highest BCUT2D eigenvalue weighted by Gasteiger charge is 2.20. The largest absolute Gasteiger partial charge is 0.435 e. The lowest BCUT2D eigenvalue weighted by atomic mass is 9.98. The van der Waals surface area contributed by atoms with Gasteiger partial charge in [0.1, 0.15) is 5.69 Å². The van der Waals surface area contributed by atoms with Crippen molar-refractivity contribution < 1.29 is 4.42 Å². The second-order valence-electron chi connectivity index (χ2n) is 7.31. The third-order valence-corrected chi connectivity index (χ3v) is 5.57. The van der Waals surface area contributed by atoms with Crippen LogP contribution in [0.25, 0.3) is 45.2 Å². The minimum atomic E-state index is 0. The van der Waals surface area contributed by atoms with E-state index in [2.05, 4.69) is 36.4 Å². The lowest BCUT2D eigenvalue weighted by Gasteiger charge is -2.08. The molecule has 0 saturated carbocycles. The fraction of sp³-hybridized carbons (Fsp3) is 0.0690. The van der Waals surface area contributed by atoms with Gasteiger partial charge >= 0.3 is 0 Å². The average Bonchev–Trinajstić information content (AvgIpc) is 3.31. The molecule has 0 fully saturated rings. The third-order valence-electron chi connectivity index (χ3n) is 5.26. The Bertz CT molecular complexity index is 1250. The van der Waals surface area contributed by atoms with Gasteiger partial charge in [0.05, 0.1) is 0 Å². The van der Waals surface area contributed by atoms with E-state index in [9.17, 15) is 0 Å². The smallest absolute Gasteiger partial charge is 0.227 e. The van der Waals surface area contributed by atoms with Crippen LogP contribution < -0.4 is 0 Å². The van der Waals surface area contributed by atoms with Crippen LogP contribution in [0.2, 0.25) is 0 Å². The second kappa shape index (κ2) is 9.67. The van der Waals surface area contributed by atoms with Crippen molar-refractivity contribution in [1.82, 2.24) is 4.98 Å². The van der Waals surface area contributed by atoms with Crippen molar-refractivity contribution in [1.29, 1.82) is 0 Å². The molecule has 0 radical (unpaired) electrons. The van der Waals surface area contributed by atoms with E-state index in [4.69, 9.17) is 21.0 Å². The van der Waals surface area contributed by atoms with Crippen LogP contribution in [0.4, 0.5) is 0 Å². The van der Waals surface area contributed by atoms with E-state index >= 15 is 0 Å². The zero-order chi connectivity index (χ0) is 21.0. The molecule has 32 heavy (non-hydrogen) atoms. The zero-order valence-electron chi connectivity index (χ0n) is 16.8. The van der Waals surface area contributed by atoms with Crippen molar-refractivity contribution in [3.05, 3.63) is 115 Å². The number of oxazole rings is 1. The van der Waals surface area contributed by atoms with E-state index in [1.165, 1.54) is 0 Å². The van der Waals surface area contributed by atoms with Gasteiger partial charge in [-0.15, -0.1) is 11.6 Å². The molecule has 2 nitrogen and oxygen atoms in total. The zero-order valence-corrected chi connectivity index (χ0v) is 17.6. The summed E-state index contributed by atoms with van der Waals surface area (Å²) in [4.78, 5) is 4.96. The molecule has 0 aliphatic carbocycles. The van der Waals surface area contributed by atoms with Crippen LogP contribution in [0, 0.1) is 0 Å². The molecule has 0 bridgehead atoms. The first-order chi connectivity index (χ1) is 15.3. The lowest BCUT2D eigenvalue weighted by molar-refractivity contribution is 0.589. The van der Waals surface area contributed by atoms with E-state index in [0.29, 0.717) is 11.8 Å². The summed E-state index contributed by atoms with van der Waals surface area (Å²) in [7, 11) is 0. The Morgan fingerprint density at radius 3 is 1.91 bits per heavy atom. The quantitative estimate of drug-likeness (QED) is 0.257. The fourth-order valence-corrected chi connectivity index (χ4v) is 3.92. The van der Waals surface area contributed by atoms with Gasteiger partial charge in [0.25, 0.3) is 0 Å². The van der Waals surface area contributed by atoms with Gasteiger partial charge in [0, 0.05) is 22.6 Å². The van der Waals surface area contributed by atoms with Crippen LogP contribution in [-0.2, 0) is 5.88 Å². The first kappa shape index (κ1) is 21.6. The Morgan fingerprint density at radius 1 is 0.625 bits per heavy atom. The molecule has 0 saturated heterocycles. The molecule has 0 N–H and O–H groups in total. The Morgan fingerprint density at radius 2 is 1.22 bits per heavy atom. The summed E-state index contributed by atoms with van der Waals surface area (Å²) in [5.74, 6) is 1.85. The molecule has 0 amide bonds. The Kier molecular flexibility index (Phi) is 6.53. The number of rotatable bonds is 5. The summed E-state index contributed by atoms with van der Waals surface area (Å²) in [6.07, 6.45) is 0. The van der Waals surface area contributed by atoms with Crippen LogP contribution >= 0.6 is 11.6 Å². The summed E-state index contributed by atoms with van der Waals surface area (Å²) < 4.78 is 6.42. The standard InChI is InChI=1S/C28H20ClNO.CH4/c29-19-20-10-9-15-23(18-20)24-16-7-8-17-25(24)28-30-26(21-11-3-1-4-12-21)27(31-28)22-13-5-2-6-14-22;/h1-18H,19H2;1H4. The van der Waals surface area contributed by atoms with Crippen molar-refractivity contribution in [3.8, 4) is 45.2 Å². The molecule has 0 unspecified atom stereocenters. The maximum atomic E-state index is 6.42. The molecule has 0 spiro atoms. The molecule has 0 atom stereocenters. The minimum Gasteiger partial charge on any atom is -0.435 e. The number of alkyl halides is 1. The van der Waals surface area contributed by atoms with E-state index < -0.39 is 0 Å². The highest BCUT2D eigenvalue weighted by atomic mass is 35.5. The number of benzene rings is 4. The van der Waals surface area contributed by atoms with Crippen LogP contribution in [0.5, 0.6) is 0 Å². The number of halogens is 1. The molecule has 1 aromatic heterocycles. The van der Waals surface area contributed by atoms with Crippen molar-refractivity contribution >= 4 is 11.6 Å². The van der Waals surface area contributed by atoms with E-state index in [-0.39, 0.29) is 7.43 Å². The normalized spacial score (nSPS) is 10.5. The topological polar surface area (TPSA) is 26.0 Å². The summed E-state index contributed by atoms with van der Waals surface area (Å²) >= 11 is 6.07. The molecule has 5 aromatic rings. The van der Waals surface area contributed by atoms with E-state index in [0.717, 1.165) is 44.8 Å². The maximum absolute atomic E-state index is 6.42. The Hall–Kier alpha value is -3.62. The number of nitrogens with zero attached hydrogens (tertiary/aromatic N) is 1. The van der Waals surface area contributed by atoms with Crippen molar-refractivity contribution in [2.75, 3.05) is 0 Å². The highest BCUT2D eigenvalue weighted by Crippen LogP contribution is 2.39. The average molecular weight is 438 g/mol. The first-order valence-electron chi connectivity index (χ1n) is 10.2. The fourth-order valence-electron chi connectivity index (χ4n) is 3.76. The van der Waals surface area contributed by atoms with Gasteiger partial charge in [-0.3, -0.25) is 0 Å². The molecule has 3 heteroatoms. The summed E-state index contributed by atoms with van der Waals surface area (Å²) in [5, 5.41) is 0. The lowest BCUT2D eigenvalue weighted by Crippen LogP contribution is -1.87. The molecule has 0 aliphatic rings. The van der Waals surface area contributed by atoms with E-state index in [1.54, 1.807) is 0 Å². The first-order valence-corrected chi connectivity index (χ1v) is 10.7. The number of aromatic nitrogens is 1. The molecule has 0 aliphatic heterocycles. The van der Waals surface area contributed by atoms with Crippen molar-refractivity contribution in [3.63, 3.8) is 0 Å². The van der Waals surface area contributed by atoms with Crippen LogP contribution in [0.1, 0.15) is 13.0 Å². The molecule has 4 aromatic carbocycles. The van der Waals surface area contributed by atoms with Gasteiger partial charge in [-0.25, -0.2) is 4.98 Å². The number of hydrogen-bond acceptors (Lipinski definition) is 2. The SMILES string of the molecule is C.ClCc1cccc(-c2ccccc2-c2nc(-c3ccccc3)c(-c3ccccc3)o2)c1. The Labute approximate surface area is 194 Å². The third kappa shape index (κ3) is 4.23. The number of hydrogen-bond donors (Lipinski definition) is 0. The van der Waals surface area contributed by atoms with Gasteiger partial charge in [-0.1, -0.05) is 104 Å². The molecule has 5 rings (SSSR count). The molecule has 1 heterocycles. The monoisotopic (exact) mass is 437 g/mol. The van der Waals surface area contributed by atoms with Crippen molar-refractivity contribution in [2.24, 2.45) is 0 Å². The summed E-state index contributed by atoms with van der Waals surface area (Å²) in [6.45, 7) is 0. The maximum Gasteiger partial charge on any atom is 0.227 e. The van der Waals surface area contributed by atoms with Gasteiger partial charge in [0.15, 0.2) is 5.76 Å². The molecular formula is C29H24ClNO.